The molecule has 0 radical (unpaired) electrons. The molecule has 8 rings (SSSR count). The molecule has 4 fully saturated rings. The Morgan fingerprint density at radius 3 is 2.65 bits per heavy atom. The van der Waals surface area contributed by atoms with Crippen molar-refractivity contribution >= 4 is 37.3 Å². The van der Waals surface area contributed by atoms with Crippen molar-refractivity contribution in [2.45, 2.75) is 48.7 Å². The van der Waals surface area contributed by atoms with E-state index in [4.69, 9.17) is 19.4 Å². The lowest BCUT2D eigenvalue weighted by Gasteiger charge is -2.38. The Kier molecular flexibility index (Phi) is 6.89. The zero-order valence-corrected chi connectivity index (χ0v) is 25.8. The molecule has 4 aliphatic heterocycles. The van der Waals surface area contributed by atoms with E-state index < -0.39 is 38.1 Å². The first-order chi connectivity index (χ1) is 22.1. The second-order valence-corrected chi connectivity index (χ2v) is 15.3. The van der Waals surface area contributed by atoms with Gasteiger partial charge in [0.25, 0.3) is 0 Å². The minimum atomic E-state index is -3.38. The molecule has 0 saturated carbocycles. The molecule has 5 heterocycles. The van der Waals surface area contributed by atoms with Gasteiger partial charge in [-0.3, -0.25) is 4.90 Å². The summed E-state index contributed by atoms with van der Waals surface area (Å²) in [7, 11) is -3.38. The average Bonchev–Trinajstić information content (AvgIpc) is 3.66. The highest BCUT2D eigenvalue weighted by Gasteiger charge is 2.51. The zero-order chi connectivity index (χ0) is 31.8. The topological polar surface area (TPSA) is 105 Å². The number of aromatic nitrogens is 2. The van der Waals surface area contributed by atoms with Crippen molar-refractivity contribution in [3.63, 3.8) is 0 Å². The van der Waals surface area contributed by atoms with Crippen LogP contribution >= 0.6 is 0 Å². The summed E-state index contributed by atoms with van der Waals surface area (Å²) in [5, 5.41) is 11.5. The largest absolute Gasteiger partial charge is 0.508 e. The number of ether oxygens (including phenoxy) is 2. The zero-order valence-electron chi connectivity index (χ0n) is 25.0. The van der Waals surface area contributed by atoms with Gasteiger partial charge in [0.15, 0.2) is 26.4 Å². The number of alkyl halides is 1. The van der Waals surface area contributed by atoms with E-state index in [1.165, 1.54) is 18.2 Å². The Hall–Kier alpha value is -3.68. The van der Waals surface area contributed by atoms with E-state index in [1.54, 1.807) is 18.2 Å². The number of anilines is 1. The molecule has 0 aliphatic carbocycles. The summed E-state index contributed by atoms with van der Waals surface area (Å²) in [6.45, 7) is 2.34. The molecule has 13 heteroatoms. The first-order valence-electron chi connectivity index (χ1n) is 15.6. The number of rotatable bonds is 5. The molecule has 242 valence electrons. The maximum Gasteiger partial charge on any atom is 0.319 e. The van der Waals surface area contributed by atoms with E-state index in [-0.39, 0.29) is 49.0 Å². The Labute approximate surface area is 263 Å². The third-order valence-corrected chi connectivity index (χ3v) is 12.7. The molecule has 9 nitrogen and oxygen atoms in total. The van der Waals surface area contributed by atoms with Crippen LogP contribution < -0.4 is 9.64 Å². The van der Waals surface area contributed by atoms with Gasteiger partial charge in [0.05, 0.1) is 23.4 Å². The highest BCUT2D eigenvalue weighted by Crippen LogP contribution is 2.43. The van der Waals surface area contributed by atoms with Crippen LogP contribution in [0.2, 0.25) is 0 Å². The van der Waals surface area contributed by atoms with E-state index >= 15 is 4.39 Å². The summed E-state index contributed by atoms with van der Waals surface area (Å²) >= 11 is 0. The lowest BCUT2D eigenvalue weighted by atomic mass is 9.95. The lowest BCUT2D eigenvalue weighted by Crippen LogP contribution is -2.48. The molecule has 1 spiro atoms. The standard InChI is InChI=1S/C33H33F3N4O5S/c34-22-17-32(6-1-9-40(32)18-22)19-44-31-37-27-15-20(25-16-23(41)14-21-3-5-26(35)29(36)28(21)25)2-4-24(27)30(38-31)39-10-7-33(8-11-39)45-12-13-46(33,42)43/h2-5,14-16,22,41H,1,6-13,17-19H2/t22-,32+/m1/s1. The first kappa shape index (κ1) is 29.7. The van der Waals surface area contributed by atoms with E-state index in [2.05, 4.69) is 4.90 Å². The van der Waals surface area contributed by atoms with E-state index in [0.717, 1.165) is 25.5 Å². The molecule has 46 heavy (non-hydrogen) atoms. The van der Waals surface area contributed by atoms with Crippen LogP contribution in [-0.4, -0.2) is 90.2 Å². The Bertz CT molecular complexity index is 1990. The Morgan fingerprint density at radius 2 is 1.87 bits per heavy atom. The van der Waals surface area contributed by atoms with Crippen LogP contribution in [0, 0.1) is 11.6 Å². The van der Waals surface area contributed by atoms with Gasteiger partial charge in [-0.05, 0) is 66.2 Å². The van der Waals surface area contributed by atoms with Crippen molar-refractivity contribution in [2.75, 3.05) is 50.0 Å². The van der Waals surface area contributed by atoms with Crippen molar-refractivity contribution in [1.82, 2.24) is 14.9 Å². The number of hydrogen-bond acceptors (Lipinski definition) is 9. The molecule has 2 atom stereocenters. The average molecular weight is 655 g/mol. The monoisotopic (exact) mass is 654 g/mol. The van der Waals surface area contributed by atoms with Crippen molar-refractivity contribution in [1.29, 1.82) is 0 Å². The predicted octanol–water partition coefficient (Wildman–Crippen LogP) is 5.13. The van der Waals surface area contributed by atoms with E-state index in [9.17, 15) is 22.3 Å². The summed E-state index contributed by atoms with van der Waals surface area (Å²) < 4.78 is 81.6. The van der Waals surface area contributed by atoms with Gasteiger partial charge < -0.3 is 19.5 Å². The fourth-order valence-corrected chi connectivity index (χ4v) is 9.69. The minimum absolute atomic E-state index is 0.0108. The molecule has 4 saturated heterocycles. The second-order valence-electron chi connectivity index (χ2n) is 12.9. The summed E-state index contributed by atoms with van der Waals surface area (Å²) in [6, 6.07) is 10.5. The molecular weight excluding hydrogens is 621 g/mol. The number of phenols is 1. The number of fused-ring (bicyclic) bond motifs is 3. The van der Waals surface area contributed by atoms with Crippen LogP contribution in [0.4, 0.5) is 19.0 Å². The van der Waals surface area contributed by atoms with Gasteiger partial charge >= 0.3 is 6.01 Å². The molecule has 3 aromatic carbocycles. The number of aromatic hydroxyl groups is 1. The number of phenolic OH excluding ortho intramolecular Hbond substituents is 1. The highest BCUT2D eigenvalue weighted by molar-refractivity contribution is 7.92. The smallest absolute Gasteiger partial charge is 0.319 e. The lowest BCUT2D eigenvalue weighted by molar-refractivity contribution is 0.0285. The molecule has 0 amide bonds. The Balaban J connectivity index is 1.21. The molecule has 1 aromatic heterocycles. The number of benzene rings is 3. The Morgan fingerprint density at radius 1 is 1.04 bits per heavy atom. The van der Waals surface area contributed by atoms with Crippen molar-refractivity contribution < 1.29 is 36.2 Å². The third-order valence-electron chi connectivity index (χ3n) is 10.3. The van der Waals surface area contributed by atoms with Gasteiger partial charge in [0, 0.05) is 49.7 Å². The van der Waals surface area contributed by atoms with Crippen molar-refractivity contribution in [3.8, 4) is 22.9 Å². The number of hydrogen-bond donors (Lipinski definition) is 1. The summed E-state index contributed by atoms with van der Waals surface area (Å²) in [5.74, 6) is -1.56. The number of piperidine rings is 1. The molecule has 0 unspecified atom stereocenters. The van der Waals surface area contributed by atoms with Gasteiger partial charge in [-0.1, -0.05) is 12.1 Å². The van der Waals surface area contributed by atoms with Crippen LogP contribution in [0.3, 0.4) is 0 Å². The molecule has 4 aliphatic rings. The van der Waals surface area contributed by atoms with Gasteiger partial charge in [-0.2, -0.15) is 9.97 Å². The number of nitrogens with zero attached hydrogens (tertiary/aromatic N) is 4. The fraction of sp³-hybridized carbons (Fsp3) is 0.455. The molecular formula is C33H33F3N4O5S. The first-order valence-corrected chi connectivity index (χ1v) is 17.3. The van der Waals surface area contributed by atoms with E-state index in [1.807, 2.05) is 4.90 Å². The number of halogens is 3. The van der Waals surface area contributed by atoms with Crippen LogP contribution in [-0.2, 0) is 14.6 Å². The van der Waals surface area contributed by atoms with Crippen LogP contribution in [0.5, 0.6) is 11.8 Å². The van der Waals surface area contributed by atoms with Crippen molar-refractivity contribution in [2.24, 2.45) is 0 Å². The molecule has 4 aromatic rings. The minimum Gasteiger partial charge on any atom is -0.508 e. The van der Waals surface area contributed by atoms with Crippen LogP contribution in [0.1, 0.15) is 32.1 Å². The highest BCUT2D eigenvalue weighted by atomic mass is 32.2. The summed E-state index contributed by atoms with van der Waals surface area (Å²) in [4.78, 5) is 12.5. The number of sulfone groups is 1. The van der Waals surface area contributed by atoms with Crippen molar-refractivity contribution in [3.05, 3.63) is 54.1 Å². The predicted molar refractivity (Wildman–Crippen MR) is 167 cm³/mol. The maximum absolute atomic E-state index is 15.1. The maximum atomic E-state index is 15.1. The summed E-state index contributed by atoms with van der Waals surface area (Å²) in [6.07, 6.45) is 1.80. The van der Waals surface area contributed by atoms with Crippen LogP contribution in [0.15, 0.2) is 42.5 Å². The van der Waals surface area contributed by atoms with Gasteiger partial charge in [-0.25, -0.2) is 21.6 Å². The second kappa shape index (κ2) is 10.7. The molecule has 1 N–H and O–H groups in total. The van der Waals surface area contributed by atoms with Crippen LogP contribution in [0.25, 0.3) is 32.8 Å². The normalized spacial score (nSPS) is 25.5. The van der Waals surface area contributed by atoms with Gasteiger partial charge in [0.1, 0.15) is 24.3 Å². The third kappa shape index (κ3) is 4.69. The van der Waals surface area contributed by atoms with E-state index in [0.29, 0.717) is 59.3 Å². The van der Waals surface area contributed by atoms with Gasteiger partial charge in [-0.15, -0.1) is 0 Å². The molecule has 0 bridgehead atoms. The SMILES string of the molecule is O=S1(=O)CCOC12CCN(c1nc(OC[C@@]34CCCN3C[C@H](F)C4)nc3cc(-c4cc(O)cc5ccc(F)c(F)c45)ccc13)CC2. The summed E-state index contributed by atoms with van der Waals surface area (Å²) in [5.41, 5.74) is 0.827. The quantitative estimate of drug-likeness (QED) is 0.314. The fourth-order valence-electron chi connectivity index (χ4n) is 7.95. The van der Waals surface area contributed by atoms with Gasteiger partial charge in [0.2, 0.25) is 0 Å².